The van der Waals surface area contributed by atoms with Gasteiger partial charge in [-0.2, -0.15) is 0 Å². The highest BCUT2D eigenvalue weighted by molar-refractivity contribution is 5.85. The first kappa shape index (κ1) is 17.3. The fourth-order valence-electron chi connectivity index (χ4n) is 3.15. The summed E-state index contributed by atoms with van der Waals surface area (Å²) in [6.45, 7) is 3.42. The summed E-state index contributed by atoms with van der Waals surface area (Å²) in [6, 6.07) is 10.7. The summed E-state index contributed by atoms with van der Waals surface area (Å²) >= 11 is 0. The molecule has 1 heterocycles. The highest BCUT2D eigenvalue weighted by Crippen LogP contribution is 2.27. The van der Waals surface area contributed by atoms with Crippen molar-refractivity contribution in [2.24, 2.45) is 11.8 Å². The van der Waals surface area contributed by atoms with Gasteiger partial charge in [0.2, 0.25) is 5.91 Å². The van der Waals surface area contributed by atoms with Crippen molar-refractivity contribution in [2.45, 2.75) is 32.1 Å². The first-order valence-electron chi connectivity index (χ1n) is 8.33. The van der Waals surface area contributed by atoms with Crippen LogP contribution >= 0.6 is 12.4 Å². The number of hydrogen-bond acceptors (Lipinski definition) is 2. The van der Waals surface area contributed by atoms with Gasteiger partial charge in [-0.15, -0.1) is 12.4 Å². The van der Waals surface area contributed by atoms with Gasteiger partial charge < -0.3 is 10.2 Å². The summed E-state index contributed by atoms with van der Waals surface area (Å²) < 4.78 is 0. The van der Waals surface area contributed by atoms with Crippen molar-refractivity contribution in [3.8, 4) is 0 Å². The summed E-state index contributed by atoms with van der Waals surface area (Å²) in [4.78, 5) is 14.2. The molecule has 0 aromatic heterocycles. The van der Waals surface area contributed by atoms with Crippen LogP contribution in [-0.4, -0.2) is 37.0 Å². The second kappa shape index (κ2) is 8.54. The fraction of sp³-hybridized carbons (Fsp3) is 0.611. The Morgan fingerprint density at radius 2 is 1.73 bits per heavy atom. The number of benzene rings is 1. The lowest BCUT2D eigenvalue weighted by atomic mass is 9.90. The molecule has 1 aromatic carbocycles. The van der Waals surface area contributed by atoms with E-state index in [0.717, 1.165) is 50.7 Å². The molecule has 22 heavy (non-hydrogen) atoms. The zero-order valence-corrected chi connectivity index (χ0v) is 14.0. The van der Waals surface area contributed by atoms with Crippen molar-refractivity contribution in [1.29, 1.82) is 0 Å². The molecule has 1 saturated carbocycles. The number of rotatable bonds is 6. The summed E-state index contributed by atoms with van der Waals surface area (Å²) in [5, 5.41) is 3.30. The van der Waals surface area contributed by atoms with E-state index >= 15 is 0 Å². The molecule has 2 aliphatic rings. The molecule has 4 heteroatoms. The third kappa shape index (κ3) is 5.29. The van der Waals surface area contributed by atoms with Crippen molar-refractivity contribution in [3.05, 3.63) is 35.9 Å². The Labute approximate surface area is 139 Å². The highest BCUT2D eigenvalue weighted by Gasteiger charge is 2.24. The average molecular weight is 323 g/mol. The lowest BCUT2D eigenvalue weighted by Crippen LogP contribution is -2.43. The average Bonchev–Trinajstić information content (AvgIpc) is 3.33. The second-order valence-corrected chi connectivity index (χ2v) is 6.59. The predicted octanol–water partition coefficient (Wildman–Crippen LogP) is 2.89. The molecule has 1 aromatic rings. The van der Waals surface area contributed by atoms with Crippen LogP contribution in [0.1, 0.15) is 31.2 Å². The van der Waals surface area contributed by atoms with Crippen LogP contribution in [0.15, 0.2) is 30.3 Å². The van der Waals surface area contributed by atoms with E-state index in [0.29, 0.717) is 6.54 Å². The lowest BCUT2D eigenvalue weighted by Gasteiger charge is -2.32. The van der Waals surface area contributed by atoms with Gasteiger partial charge in [0, 0.05) is 13.1 Å². The van der Waals surface area contributed by atoms with Gasteiger partial charge in [-0.25, -0.2) is 0 Å². The number of carbonyl (C=O) groups is 1. The van der Waals surface area contributed by atoms with E-state index in [9.17, 15) is 4.79 Å². The number of carbonyl (C=O) groups excluding carboxylic acids is 1. The Balaban J connectivity index is 0.00000176. The van der Waals surface area contributed by atoms with Gasteiger partial charge in [0.05, 0.1) is 6.54 Å². The van der Waals surface area contributed by atoms with Crippen LogP contribution < -0.4 is 5.32 Å². The highest BCUT2D eigenvalue weighted by atomic mass is 35.5. The topological polar surface area (TPSA) is 32.3 Å². The van der Waals surface area contributed by atoms with Gasteiger partial charge in [-0.3, -0.25) is 4.79 Å². The van der Waals surface area contributed by atoms with Crippen LogP contribution in [0.4, 0.5) is 0 Å². The van der Waals surface area contributed by atoms with E-state index in [2.05, 4.69) is 35.6 Å². The molecule has 0 spiro atoms. The fourth-order valence-corrected chi connectivity index (χ4v) is 3.15. The molecule has 0 unspecified atom stereocenters. The molecule has 1 amide bonds. The first-order chi connectivity index (χ1) is 10.3. The number of amides is 1. The third-order valence-electron chi connectivity index (χ3n) is 4.74. The van der Waals surface area contributed by atoms with E-state index in [1.807, 2.05) is 4.90 Å². The minimum Gasteiger partial charge on any atom is -0.342 e. The summed E-state index contributed by atoms with van der Waals surface area (Å²) in [7, 11) is 0. The van der Waals surface area contributed by atoms with Crippen molar-refractivity contribution >= 4 is 18.3 Å². The van der Waals surface area contributed by atoms with Gasteiger partial charge in [0.25, 0.3) is 0 Å². The predicted molar refractivity (Wildman–Crippen MR) is 92.3 cm³/mol. The summed E-state index contributed by atoms with van der Waals surface area (Å²) in [6.07, 6.45) is 6.12. The minimum absolute atomic E-state index is 0. The Morgan fingerprint density at radius 3 is 2.36 bits per heavy atom. The first-order valence-corrected chi connectivity index (χ1v) is 8.33. The molecule has 0 atom stereocenters. The number of nitrogens with one attached hydrogen (secondary N) is 1. The van der Waals surface area contributed by atoms with Crippen LogP contribution in [0, 0.1) is 11.8 Å². The van der Waals surface area contributed by atoms with Crippen LogP contribution in [0.25, 0.3) is 0 Å². The second-order valence-electron chi connectivity index (χ2n) is 6.59. The van der Waals surface area contributed by atoms with Gasteiger partial charge in [-0.05, 0) is 56.0 Å². The Bertz CT molecular complexity index is 453. The summed E-state index contributed by atoms with van der Waals surface area (Å²) in [5.74, 6) is 1.86. The minimum atomic E-state index is 0. The maximum atomic E-state index is 12.1. The van der Waals surface area contributed by atoms with Crippen molar-refractivity contribution < 1.29 is 4.79 Å². The van der Waals surface area contributed by atoms with Gasteiger partial charge >= 0.3 is 0 Å². The maximum absolute atomic E-state index is 12.1. The molecular formula is C18H27ClN2O. The Kier molecular flexibility index (Phi) is 6.71. The Morgan fingerprint density at radius 1 is 1.05 bits per heavy atom. The normalized spacial score (nSPS) is 18.8. The van der Waals surface area contributed by atoms with Crippen LogP contribution in [0.5, 0.6) is 0 Å². The lowest BCUT2D eigenvalue weighted by molar-refractivity contribution is -0.131. The zero-order chi connectivity index (χ0) is 14.5. The van der Waals surface area contributed by atoms with Gasteiger partial charge in [0.1, 0.15) is 0 Å². The molecule has 1 aliphatic carbocycles. The van der Waals surface area contributed by atoms with Crippen molar-refractivity contribution in [3.63, 3.8) is 0 Å². The molecule has 3 rings (SSSR count). The molecule has 0 bridgehead atoms. The van der Waals surface area contributed by atoms with E-state index in [-0.39, 0.29) is 18.3 Å². The standard InChI is InChI=1S/C18H26N2O.ClH/c21-18(14-19-13-17-6-7-17)20-10-8-16(9-11-20)12-15-4-2-1-3-5-15;/h1-5,16-17,19H,6-14H2;1H. The van der Waals surface area contributed by atoms with Crippen molar-refractivity contribution in [1.82, 2.24) is 10.2 Å². The number of halogens is 1. The van der Waals surface area contributed by atoms with Crippen molar-refractivity contribution in [2.75, 3.05) is 26.2 Å². The van der Waals surface area contributed by atoms with Crippen LogP contribution in [0.2, 0.25) is 0 Å². The molecule has 0 radical (unpaired) electrons. The molecule has 1 saturated heterocycles. The summed E-state index contributed by atoms with van der Waals surface area (Å²) in [5.41, 5.74) is 1.42. The Hall–Kier alpha value is -1.06. The quantitative estimate of drug-likeness (QED) is 0.873. The molecule has 122 valence electrons. The number of hydrogen-bond donors (Lipinski definition) is 1. The van der Waals surface area contributed by atoms with E-state index in [4.69, 9.17) is 0 Å². The molecule has 1 aliphatic heterocycles. The molecule has 1 N–H and O–H groups in total. The van der Waals surface area contributed by atoms with Gasteiger partial charge in [-0.1, -0.05) is 30.3 Å². The SMILES string of the molecule is Cl.O=C(CNCC1CC1)N1CCC(Cc2ccccc2)CC1. The molecular weight excluding hydrogens is 296 g/mol. The van der Waals surface area contributed by atoms with Crippen LogP contribution in [0.3, 0.4) is 0 Å². The van der Waals surface area contributed by atoms with Gasteiger partial charge in [0.15, 0.2) is 0 Å². The number of likely N-dealkylation sites (tertiary alicyclic amines) is 1. The maximum Gasteiger partial charge on any atom is 0.236 e. The molecule has 3 nitrogen and oxygen atoms in total. The van der Waals surface area contributed by atoms with E-state index in [1.165, 1.54) is 18.4 Å². The number of piperidine rings is 1. The number of nitrogens with zero attached hydrogens (tertiary/aromatic N) is 1. The van der Waals surface area contributed by atoms with E-state index < -0.39 is 0 Å². The third-order valence-corrected chi connectivity index (χ3v) is 4.74. The largest absolute Gasteiger partial charge is 0.342 e. The zero-order valence-electron chi connectivity index (χ0n) is 13.2. The molecule has 2 fully saturated rings. The van der Waals surface area contributed by atoms with E-state index in [1.54, 1.807) is 0 Å². The smallest absolute Gasteiger partial charge is 0.236 e. The monoisotopic (exact) mass is 322 g/mol. The van der Waals surface area contributed by atoms with Crippen LogP contribution in [-0.2, 0) is 11.2 Å².